The summed E-state index contributed by atoms with van der Waals surface area (Å²) in [6.07, 6.45) is 7.35. The van der Waals surface area contributed by atoms with E-state index in [9.17, 15) is 13.2 Å². The van der Waals surface area contributed by atoms with Crippen LogP contribution in [0.25, 0.3) is 0 Å². The number of hydrogen-bond donors (Lipinski definition) is 0. The summed E-state index contributed by atoms with van der Waals surface area (Å²) in [7, 11) is -3.43. The van der Waals surface area contributed by atoms with Crippen LogP contribution in [0, 0.1) is 5.92 Å². The lowest BCUT2D eigenvalue weighted by atomic mass is 9.73. The van der Waals surface area contributed by atoms with Crippen molar-refractivity contribution < 1.29 is 13.2 Å². The molecule has 4 rings (SSSR count). The van der Waals surface area contributed by atoms with E-state index >= 15 is 0 Å². The number of carbonyl (C=O) groups is 1. The van der Waals surface area contributed by atoms with Crippen LogP contribution in [-0.4, -0.2) is 41.3 Å². The predicted octanol–water partition coefficient (Wildman–Crippen LogP) is 4.05. The Balaban J connectivity index is 1.63. The van der Waals surface area contributed by atoms with Crippen LogP contribution >= 0.6 is 11.6 Å². The number of pyridine rings is 1. The van der Waals surface area contributed by atoms with E-state index in [1.165, 1.54) is 0 Å². The Hall–Kier alpha value is -1.92. The second kappa shape index (κ2) is 8.67. The van der Waals surface area contributed by atoms with Crippen molar-refractivity contribution in [3.05, 3.63) is 64.9 Å². The average Bonchev–Trinajstić information content (AvgIpc) is 2.81. The van der Waals surface area contributed by atoms with E-state index in [0.717, 1.165) is 30.4 Å². The Kier molecular flexibility index (Phi) is 6.16. The molecule has 0 N–H and O–H groups in total. The summed E-state index contributed by atoms with van der Waals surface area (Å²) in [5, 5.41) is 0.653. The molecule has 2 unspecified atom stereocenters. The lowest BCUT2D eigenvalue weighted by molar-refractivity contribution is -0.132. The van der Waals surface area contributed by atoms with Crippen LogP contribution in [0.1, 0.15) is 43.2 Å². The van der Waals surface area contributed by atoms with Gasteiger partial charge in [-0.05, 0) is 54.5 Å². The third-order valence-corrected chi connectivity index (χ3v) is 9.54. The number of amides is 1. The van der Waals surface area contributed by atoms with Gasteiger partial charge in [0, 0.05) is 36.9 Å². The van der Waals surface area contributed by atoms with E-state index in [-0.39, 0.29) is 30.5 Å². The molecule has 7 heteroatoms. The first-order valence-corrected chi connectivity index (χ1v) is 12.6. The Morgan fingerprint density at radius 2 is 2.00 bits per heavy atom. The third-order valence-electron chi connectivity index (χ3n) is 6.67. The van der Waals surface area contributed by atoms with E-state index < -0.39 is 14.6 Å². The fourth-order valence-electron chi connectivity index (χ4n) is 5.08. The molecule has 1 aromatic heterocycles. The molecular formula is C23H27ClN2O3S. The highest BCUT2D eigenvalue weighted by molar-refractivity contribution is 7.92. The summed E-state index contributed by atoms with van der Waals surface area (Å²) in [4.78, 5) is 19.1. The van der Waals surface area contributed by atoms with Crippen LogP contribution in [0.4, 0.5) is 0 Å². The maximum atomic E-state index is 13.6. The van der Waals surface area contributed by atoms with Crippen molar-refractivity contribution in [1.29, 1.82) is 0 Å². The smallest absolute Gasteiger partial charge is 0.224 e. The lowest BCUT2D eigenvalue weighted by Crippen LogP contribution is -2.50. The van der Waals surface area contributed by atoms with Gasteiger partial charge in [-0.1, -0.05) is 42.6 Å². The molecule has 30 heavy (non-hydrogen) atoms. The lowest BCUT2D eigenvalue weighted by Gasteiger charge is -2.42. The Morgan fingerprint density at radius 3 is 2.77 bits per heavy atom. The molecule has 1 aliphatic carbocycles. The fraction of sp³-hybridized carbons (Fsp3) is 0.478. The van der Waals surface area contributed by atoms with Gasteiger partial charge < -0.3 is 4.90 Å². The SMILES string of the molecule is O=C1CC2(CCCCC2Cc2cccc(Cl)c2)S(=O)(=O)CCN1Cc1cccnc1. The number of carbonyl (C=O) groups excluding carboxylic acids is 1. The molecule has 2 atom stereocenters. The van der Waals surface area contributed by atoms with Crippen molar-refractivity contribution in [3.8, 4) is 0 Å². The Bertz CT molecular complexity index is 1010. The van der Waals surface area contributed by atoms with Gasteiger partial charge in [0.05, 0.1) is 10.5 Å². The first-order chi connectivity index (χ1) is 14.4. The highest BCUT2D eigenvalue weighted by Crippen LogP contribution is 2.46. The monoisotopic (exact) mass is 446 g/mol. The first-order valence-electron chi connectivity index (χ1n) is 10.5. The zero-order chi connectivity index (χ0) is 21.2. The standard InChI is InChI=1S/C23H27ClN2O3S/c24-21-8-3-5-18(14-21)13-20-7-1-2-9-23(20)15-22(27)26(11-12-30(23,28)29)17-19-6-4-10-25-16-19/h3-6,8,10,14,16,20H,1-2,7,9,11-13,15,17H2. The summed E-state index contributed by atoms with van der Waals surface area (Å²) >= 11 is 6.16. The van der Waals surface area contributed by atoms with Gasteiger partial charge in [-0.25, -0.2) is 8.42 Å². The molecule has 1 saturated carbocycles. The van der Waals surface area contributed by atoms with Crippen molar-refractivity contribution in [2.45, 2.75) is 49.8 Å². The minimum atomic E-state index is -3.43. The summed E-state index contributed by atoms with van der Waals surface area (Å²) in [6.45, 7) is 0.638. The molecule has 160 valence electrons. The number of aromatic nitrogens is 1. The minimum Gasteiger partial charge on any atom is -0.337 e. The van der Waals surface area contributed by atoms with Crippen LogP contribution in [0.3, 0.4) is 0 Å². The molecular weight excluding hydrogens is 420 g/mol. The van der Waals surface area contributed by atoms with E-state index in [1.807, 2.05) is 36.4 Å². The van der Waals surface area contributed by atoms with E-state index in [1.54, 1.807) is 17.3 Å². The molecule has 5 nitrogen and oxygen atoms in total. The normalized spacial score (nSPS) is 26.5. The maximum absolute atomic E-state index is 13.6. The van der Waals surface area contributed by atoms with Gasteiger partial charge in [-0.3, -0.25) is 9.78 Å². The highest BCUT2D eigenvalue weighted by Gasteiger charge is 2.53. The minimum absolute atomic E-state index is 0.0189. The Labute approximate surface area is 183 Å². The molecule has 2 fully saturated rings. The third kappa shape index (κ3) is 4.26. The molecule has 1 amide bonds. The van der Waals surface area contributed by atoms with Crippen LogP contribution in [0.15, 0.2) is 48.8 Å². The van der Waals surface area contributed by atoms with Crippen molar-refractivity contribution in [2.75, 3.05) is 12.3 Å². The van der Waals surface area contributed by atoms with Gasteiger partial charge in [-0.15, -0.1) is 0 Å². The quantitative estimate of drug-likeness (QED) is 0.710. The predicted molar refractivity (Wildman–Crippen MR) is 118 cm³/mol. The molecule has 1 saturated heterocycles. The topological polar surface area (TPSA) is 67.3 Å². The highest BCUT2D eigenvalue weighted by atomic mass is 35.5. The van der Waals surface area contributed by atoms with Gasteiger partial charge in [0.15, 0.2) is 9.84 Å². The van der Waals surface area contributed by atoms with Crippen LogP contribution in [0.5, 0.6) is 0 Å². The number of benzene rings is 1. The van der Waals surface area contributed by atoms with Crippen LogP contribution < -0.4 is 0 Å². The molecule has 0 radical (unpaired) electrons. The van der Waals surface area contributed by atoms with E-state index in [2.05, 4.69) is 4.98 Å². The van der Waals surface area contributed by atoms with Crippen LogP contribution in [0.2, 0.25) is 5.02 Å². The molecule has 1 aliphatic heterocycles. The van der Waals surface area contributed by atoms with Crippen molar-refractivity contribution in [2.24, 2.45) is 5.92 Å². The van der Waals surface area contributed by atoms with Gasteiger partial charge in [-0.2, -0.15) is 0 Å². The zero-order valence-electron chi connectivity index (χ0n) is 17.0. The van der Waals surface area contributed by atoms with Gasteiger partial charge in [0.1, 0.15) is 0 Å². The van der Waals surface area contributed by atoms with E-state index in [0.29, 0.717) is 24.4 Å². The second-order valence-electron chi connectivity index (χ2n) is 8.51. The molecule has 2 heterocycles. The largest absolute Gasteiger partial charge is 0.337 e. The first kappa shape index (κ1) is 21.3. The zero-order valence-corrected chi connectivity index (χ0v) is 18.5. The van der Waals surface area contributed by atoms with Gasteiger partial charge in [0.2, 0.25) is 5.91 Å². The molecule has 0 bridgehead atoms. The number of hydrogen-bond acceptors (Lipinski definition) is 4. The molecule has 2 aliphatic rings. The summed E-state index contributed by atoms with van der Waals surface area (Å²) in [5.41, 5.74) is 1.95. The number of rotatable bonds is 4. The van der Waals surface area contributed by atoms with Crippen molar-refractivity contribution in [1.82, 2.24) is 9.88 Å². The fourth-order valence-corrected chi connectivity index (χ4v) is 7.66. The molecule has 1 aromatic carbocycles. The molecule has 1 spiro atoms. The summed E-state index contributed by atoms with van der Waals surface area (Å²) in [5.74, 6) is -0.125. The van der Waals surface area contributed by atoms with Crippen molar-refractivity contribution >= 4 is 27.3 Å². The van der Waals surface area contributed by atoms with Crippen molar-refractivity contribution in [3.63, 3.8) is 0 Å². The molecule has 2 aromatic rings. The van der Waals surface area contributed by atoms with Crippen LogP contribution in [-0.2, 0) is 27.6 Å². The van der Waals surface area contributed by atoms with Gasteiger partial charge >= 0.3 is 0 Å². The number of sulfone groups is 1. The summed E-state index contributed by atoms with van der Waals surface area (Å²) in [6, 6.07) is 11.4. The second-order valence-corrected chi connectivity index (χ2v) is 11.4. The maximum Gasteiger partial charge on any atom is 0.224 e. The number of nitrogens with zero attached hydrogens (tertiary/aromatic N) is 2. The van der Waals surface area contributed by atoms with Gasteiger partial charge in [0.25, 0.3) is 0 Å². The number of halogens is 1. The summed E-state index contributed by atoms with van der Waals surface area (Å²) < 4.78 is 26.2. The Morgan fingerprint density at radius 1 is 1.17 bits per heavy atom. The van der Waals surface area contributed by atoms with E-state index in [4.69, 9.17) is 11.6 Å². The average molecular weight is 447 g/mol.